The van der Waals surface area contributed by atoms with Gasteiger partial charge in [-0.3, -0.25) is 0 Å². The second-order valence-corrected chi connectivity index (χ2v) is 6.66. The molecule has 2 aliphatic carbocycles. The van der Waals surface area contributed by atoms with Crippen LogP contribution in [0, 0.1) is 31.6 Å². The second kappa shape index (κ2) is 5.28. The average molecular weight is 257 g/mol. The van der Waals surface area contributed by atoms with Gasteiger partial charge in [0.1, 0.15) is 0 Å². The third-order valence-corrected chi connectivity index (χ3v) is 5.63. The highest BCUT2D eigenvalue weighted by atomic mass is 14.9. The first kappa shape index (κ1) is 13.2. The van der Waals surface area contributed by atoms with Gasteiger partial charge in [0.25, 0.3) is 0 Å². The monoisotopic (exact) mass is 257 g/mol. The Balaban J connectivity index is 1.74. The van der Waals surface area contributed by atoms with Crippen molar-refractivity contribution in [3.63, 3.8) is 0 Å². The van der Waals surface area contributed by atoms with Crippen LogP contribution in [0.1, 0.15) is 42.4 Å². The van der Waals surface area contributed by atoms with E-state index in [9.17, 15) is 0 Å². The summed E-state index contributed by atoms with van der Waals surface area (Å²) < 4.78 is 0. The van der Waals surface area contributed by atoms with Gasteiger partial charge in [-0.15, -0.1) is 0 Å². The lowest BCUT2D eigenvalue weighted by Crippen LogP contribution is -2.31. The van der Waals surface area contributed by atoms with Crippen LogP contribution in [0.25, 0.3) is 0 Å². The van der Waals surface area contributed by atoms with E-state index in [2.05, 4.69) is 44.4 Å². The molecule has 1 N–H and O–H groups in total. The van der Waals surface area contributed by atoms with Crippen LogP contribution in [0.2, 0.25) is 0 Å². The van der Waals surface area contributed by atoms with Gasteiger partial charge in [-0.2, -0.15) is 0 Å². The zero-order valence-electron chi connectivity index (χ0n) is 12.6. The minimum absolute atomic E-state index is 0.688. The van der Waals surface area contributed by atoms with Crippen molar-refractivity contribution < 1.29 is 0 Å². The highest BCUT2D eigenvalue weighted by molar-refractivity contribution is 5.34. The molecule has 0 aromatic heterocycles. The number of likely N-dealkylation sites (N-methyl/N-ethyl adjacent to an activating group) is 1. The van der Waals surface area contributed by atoms with Gasteiger partial charge in [0.05, 0.1) is 0 Å². The van der Waals surface area contributed by atoms with Gasteiger partial charge in [-0.05, 0) is 74.6 Å². The number of hydrogen-bond donors (Lipinski definition) is 1. The Labute approximate surface area is 117 Å². The topological polar surface area (TPSA) is 12.0 Å². The molecule has 3 atom stereocenters. The minimum Gasteiger partial charge on any atom is -0.316 e. The maximum atomic E-state index is 3.62. The van der Waals surface area contributed by atoms with Crippen LogP contribution in [0.15, 0.2) is 18.2 Å². The quantitative estimate of drug-likeness (QED) is 0.863. The van der Waals surface area contributed by atoms with Gasteiger partial charge in [0.2, 0.25) is 0 Å². The molecule has 0 aliphatic heterocycles. The molecule has 1 aromatic rings. The van der Waals surface area contributed by atoms with Crippen molar-refractivity contribution in [3.8, 4) is 0 Å². The van der Waals surface area contributed by atoms with Crippen LogP contribution in [0.3, 0.4) is 0 Å². The second-order valence-electron chi connectivity index (χ2n) is 6.66. The normalized spacial score (nSPS) is 30.8. The summed E-state index contributed by atoms with van der Waals surface area (Å²) in [4.78, 5) is 0. The van der Waals surface area contributed by atoms with E-state index in [-0.39, 0.29) is 0 Å². The number of benzene rings is 1. The third-order valence-electron chi connectivity index (χ3n) is 5.63. The standard InChI is InChI=1S/C18H27N/c1-12-7-6-8-13(2)16(12)11-17(19-3)18-14-9-4-5-10-15(14)18/h6-8,14-15,17-19H,4-5,9-11H2,1-3H3. The smallest absolute Gasteiger partial charge is 0.0138 e. The zero-order chi connectivity index (χ0) is 13.4. The molecule has 19 heavy (non-hydrogen) atoms. The molecule has 0 radical (unpaired) electrons. The zero-order valence-corrected chi connectivity index (χ0v) is 12.6. The van der Waals surface area contributed by atoms with Crippen molar-refractivity contribution in [2.24, 2.45) is 17.8 Å². The van der Waals surface area contributed by atoms with Gasteiger partial charge in [0, 0.05) is 6.04 Å². The number of nitrogens with one attached hydrogen (secondary N) is 1. The van der Waals surface area contributed by atoms with E-state index < -0.39 is 0 Å². The van der Waals surface area contributed by atoms with Crippen LogP contribution in [0.4, 0.5) is 0 Å². The molecule has 0 amide bonds. The summed E-state index contributed by atoms with van der Waals surface area (Å²) >= 11 is 0. The lowest BCUT2D eigenvalue weighted by molar-refractivity contribution is 0.458. The molecule has 3 rings (SSSR count). The average Bonchev–Trinajstić information content (AvgIpc) is 3.13. The van der Waals surface area contributed by atoms with E-state index in [1.54, 1.807) is 5.56 Å². The van der Waals surface area contributed by atoms with E-state index in [1.807, 2.05) is 0 Å². The Morgan fingerprint density at radius 2 is 1.68 bits per heavy atom. The molecule has 0 spiro atoms. The molecule has 1 heteroatoms. The Morgan fingerprint density at radius 3 is 2.21 bits per heavy atom. The van der Waals surface area contributed by atoms with Crippen molar-refractivity contribution in [2.45, 2.75) is 52.0 Å². The maximum Gasteiger partial charge on any atom is 0.0138 e. The van der Waals surface area contributed by atoms with Crippen LogP contribution >= 0.6 is 0 Å². The van der Waals surface area contributed by atoms with Crippen molar-refractivity contribution >= 4 is 0 Å². The predicted octanol–water partition coefficient (Wildman–Crippen LogP) is 3.87. The molecule has 2 saturated carbocycles. The van der Waals surface area contributed by atoms with E-state index in [1.165, 1.54) is 43.2 Å². The van der Waals surface area contributed by atoms with Gasteiger partial charge >= 0.3 is 0 Å². The van der Waals surface area contributed by atoms with E-state index in [0.29, 0.717) is 6.04 Å². The summed E-state index contributed by atoms with van der Waals surface area (Å²) in [5, 5.41) is 3.62. The predicted molar refractivity (Wildman–Crippen MR) is 81.4 cm³/mol. The summed E-state index contributed by atoms with van der Waals surface area (Å²) in [6.07, 6.45) is 7.13. The largest absolute Gasteiger partial charge is 0.316 e. The molecule has 1 nitrogen and oxygen atoms in total. The highest BCUT2D eigenvalue weighted by Gasteiger charge is 2.53. The number of aryl methyl sites for hydroxylation is 2. The molecular formula is C18H27N. The highest BCUT2D eigenvalue weighted by Crippen LogP contribution is 2.57. The Kier molecular flexibility index (Phi) is 3.66. The van der Waals surface area contributed by atoms with Gasteiger partial charge in [-0.25, -0.2) is 0 Å². The summed E-state index contributed by atoms with van der Waals surface area (Å²) in [7, 11) is 2.16. The first-order valence-electron chi connectivity index (χ1n) is 7.94. The van der Waals surface area contributed by atoms with Crippen molar-refractivity contribution in [1.29, 1.82) is 0 Å². The van der Waals surface area contributed by atoms with Crippen LogP contribution in [-0.4, -0.2) is 13.1 Å². The third kappa shape index (κ3) is 2.45. The van der Waals surface area contributed by atoms with Crippen molar-refractivity contribution in [3.05, 3.63) is 34.9 Å². The molecule has 3 unspecified atom stereocenters. The van der Waals surface area contributed by atoms with Crippen LogP contribution < -0.4 is 5.32 Å². The number of fused-ring (bicyclic) bond motifs is 1. The fraction of sp³-hybridized carbons (Fsp3) is 0.667. The molecule has 2 aliphatic rings. The number of hydrogen-bond acceptors (Lipinski definition) is 1. The Bertz CT molecular complexity index is 419. The van der Waals surface area contributed by atoms with E-state index in [4.69, 9.17) is 0 Å². The van der Waals surface area contributed by atoms with Gasteiger partial charge < -0.3 is 5.32 Å². The first-order valence-corrected chi connectivity index (χ1v) is 7.94. The van der Waals surface area contributed by atoms with Crippen LogP contribution in [-0.2, 0) is 6.42 Å². The molecule has 1 aromatic carbocycles. The SMILES string of the molecule is CNC(Cc1c(C)cccc1C)C1C2CCCCC21. The summed E-state index contributed by atoms with van der Waals surface area (Å²) in [6.45, 7) is 4.52. The summed E-state index contributed by atoms with van der Waals surface area (Å²) in [5.41, 5.74) is 4.50. The molecule has 104 valence electrons. The lowest BCUT2D eigenvalue weighted by atomic mass is 9.93. The number of rotatable bonds is 4. The van der Waals surface area contributed by atoms with Crippen LogP contribution in [0.5, 0.6) is 0 Å². The van der Waals surface area contributed by atoms with E-state index in [0.717, 1.165) is 17.8 Å². The molecule has 0 saturated heterocycles. The molecular weight excluding hydrogens is 230 g/mol. The van der Waals surface area contributed by atoms with Gasteiger partial charge in [0.15, 0.2) is 0 Å². The Morgan fingerprint density at radius 1 is 1.11 bits per heavy atom. The minimum atomic E-state index is 0.688. The lowest BCUT2D eigenvalue weighted by Gasteiger charge is -2.19. The molecule has 0 bridgehead atoms. The maximum absolute atomic E-state index is 3.62. The Hall–Kier alpha value is -0.820. The first-order chi connectivity index (χ1) is 9.22. The van der Waals surface area contributed by atoms with E-state index >= 15 is 0 Å². The fourth-order valence-electron chi connectivity index (χ4n) is 4.47. The molecule has 0 heterocycles. The van der Waals surface area contributed by atoms with Gasteiger partial charge in [-0.1, -0.05) is 31.0 Å². The molecule has 2 fully saturated rings. The summed E-state index contributed by atoms with van der Waals surface area (Å²) in [6, 6.07) is 7.39. The summed E-state index contributed by atoms with van der Waals surface area (Å²) in [5.74, 6) is 3.03. The fourth-order valence-corrected chi connectivity index (χ4v) is 4.47. The van der Waals surface area contributed by atoms with Crippen molar-refractivity contribution in [2.75, 3.05) is 7.05 Å². The van der Waals surface area contributed by atoms with Crippen molar-refractivity contribution in [1.82, 2.24) is 5.32 Å².